The molecule has 5 nitrogen and oxygen atoms in total. The van der Waals surface area contributed by atoms with Gasteiger partial charge in [-0.05, 0) is 30.0 Å². The Bertz CT molecular complexity index is 882. The lowest BCUT2D eigenvalue weighted by Gasteiger charge is -2.28. The van der Waals surface area contributed by atoms with Gasteiger partial charge in [-0.2, -0.15) is 13.2 Å². The molecule has 0 unspecified atom stereocenters. The minimum atomic E-state index is -4.56. The molecule has 1 amide bonds. The van der Waals surface area contributed by atoms with E-state index >= 15 is 0 Å². The lowest BCUT2D eigenvalue weighted by Crippen LogP contribution is -2.43. The normalized spacial score (nSPS) is 15.1. The number of carbonyl (C=O) groups excluding carboxylic acids is 2. The first-order valence-electron chi connectivity index (χ1n) is 8.96. The first-order valence-corrected chi connectivity index (χ1v) is 8.96. The molecule has 0 saturated heterocycles. The molecule has 0 aliphatic carbocycles. The van der Waals surface area contributed by atoms with Crippen molar-refractivity contribution in [1.29, 1.82) is 0 Å². The summed E-state index contributed by atoms with van der Waals surface area (Å²) in [4.78, 5) is 35.0. The summed E-state index contributed by atoms with van der Waals surface area (Å²) in [7, 11) is 0. The van der Waals surface area contributed by atoms with Crippen LogP contribution in [0.2, 0.25) is 0 Å². The van der Waals surface area contributed by atoms with E-state index in [0.717, 1.165) is 6.07 Å². The first-order chi connectivity index (χ1) is 13.2. The van der Waals surface area contributed by atoms with E-state index in [2.05, 4.69) is 9.97 Å². The summed E-state index contributed by atoms with van der Waals surface area (Å²) in [6.45, 7) is 3.57. The number of benzene rings is 1. The van der Waals surface area contributed by atoms with Crippen molar-refractivity contribution >= 4 is 11.7 Å². The Hall–Kier alpha value is -2.77. The van der Waals surface area contributed by atoms with E-state index in [4.69, 9.17) is 0 Å². The van der Waals surface area contributed by atoms with Gasteiger partial charge in [0.15, 0.2) is 5.78 Å². The molecular weight excluding hydrogens is 371 g/mol. The molecule has 1 aliphatic heterocycles. The minimum absolute atomic E-state index is 0.0101. The highest BCUT2D eigenvalue weighted by Gasteiger charge is 2.42. The van der Waals surface area contributed by atoms with Crippen LogP contribution < -0.4 is 0 Å². The number of rotatable bonds is 6. The summed E-state index contributed by atoms with van der Waals surface area (Å²) >= 11 is 0. The van der Waals surface area contributed by atoms with E-state index < -0.39 is 23.7 Å². The molecule has 1 aliphatic rings. The monoisotopic (exact) mass is 391 g/mol. The number of hydrogen-bond donors (Lipinski definition) is 0. The summed E-state index contributed by atoms with van der Waals surface area (Å²) in [6, 6.07) is 2.76. The molecule has 2 aromatic rings. The van der Waals surface area contributed by atoms with Gasteiger partial charge in [-0.1, -0.05) is 19.9 Å². The quantitative estimate of drug-likeness (QED) is 0.754. The van der Waals surface area contributed by atoms with Gasteiger partial charge in [0.25, 0.3) is 5.91 Å². The van der Waals surface area contributed by atoms with E-state index in [-0.39, 0.29) is 35.8 Å². The summed E-state index contributed by atoms with van der Waals surface area (Å²) < 4.78 is 40.0. The van der Waals surface area contributed by atoms with Crippen molar-refractivity contribution in [2.24, 2.45) is 5.92 Å². The number of fused-ring (bicyclic) bond motifs is 1. The third-order valence-electron chi connectivity index (χ3n) is 4.72. The molecule has 1 aromatic carbocycles. The number of amides is 1. The van der Waals surface area contributed by atoms with E-state index in [1.807, 2.05) is 13.8 Å². The van der Waals surface area contributed by atoms with Crippen molar-refractivity contribution in [3.8, 4) is 0 Å². The van der Waals surface area contributed by atoms with Gasteiger partial charge >= 0.3 is 6.18 Å². The maximum atomic E-state index is 13.3. The highest BCUT2D eigenvalue weighted by molar-refractivity contribution is 6.02. The van der Waals surface area contributed by atoms with Gasteiger partial charge in [0.1, 0.15) is 0 Å². The predicted octanol–water partition coefficient (Wildman–Crippen LogP) is 3.68. The van der Waals surface area contributed by atoms with E-state index in [1.165, 1.54) is 35.6 Å². The Morgan fingerprint density at radius 3 is 2.61 bits per heavy atom. The van der Waals surface area contributed by atoms with Crippen LogP contribution in [0.4, 0.5) is 13.2 Å². The fourth-order valence-electron chi connectivity index (χ4n) is 3.47. The van der Waals surface area contributed by atoms with Crippen LogP contribution in [0, 0.1) is 5.92 Å². The minimum Gasteiger partial charge on any atom is -0.324 e. The molecule has 28 heavy (non-hydrogen) atoms. The number of carbonyl (C=O) groups is 2. The number of hydrogen-bond acceptors (Lipinski definition) is 4. The van der Waals surface area contributed by atoms with Gasteiger partial charge in [0, 0.05) is 30.7 Å². The summed E-state index contributed by atoms with van der Waals surface area (Å²) in [5, 5.41) is 0. The SMILES string of the molecule is CC(C)C[C@@H](C(=O)Cc1cnccn1)N1Cc2c(cccc2C(F)(F)F)C1=O. The van der Waals surface area contributed by atoms with Crippen molar-refractivity contribution in [3.05, 3.63) is 59.2 Å². The smallest absolute Gasteiger partial charge is 0.324 e. The maximum Gasteiger partial charge on any atom is 0.416 e. The molecule has 148 valence electrons. The van der Waals surface area contributed by atoms with E-state index in [1.54, 1.807) is 0 Å². The molecule has 0 N–H and O–H groups in total. The highest BCUT2D eigenvalue weighted by Crippen LogP contribution is 2.38. The number of Topliss-reactive ketones (excluding diaryl/α,β-unsaturated/α-hetero) is 1. The molecular formula is C20H20F3N3O2. The summed E-state index contributed by atoms with van der Waals surface area (Å²) in [5.74, 6) is -0.724. The van der Waals surface area contributed by atoms with Crippen LogP contribution in [0.1, 0.15) is 47.4 Å². The third-order valence-corrected chi connectivity index (χ3v) is 4.72. The predicted molar refractivity (Wildman–Crippen MR) is 95.3 cm³/mol. The summed E-state index contributed by atoms with van der Waals surface area (Å²) in [6.07, 6.45) is 0.189. The van der Waals surface area contributed by atoms with Crippen LogP contribution in [0.25, 0.3) is 0 Å². The van der Waals surface area contributed by atoms with Gasteiger partial charge in [-0.3, -0.25) is 19.6 Å². The number of aromatic nitrogens is 2. The zero-order valence-electron chi connectivity index (χ0n) is 15.5. The van der Waals surface area contributed by atoms with Gasteiger partial charge in [0.05, 0.1) is 23.7 Å². The Kier molecular flexibility index (Phi) is 5.49. The lowest BCUT2D eigenvalue weighted by molar-refractivity contribution is -0.138. The maximum absolute atomic E-state index is 13.3. The Morgan fingerprint density at radius 2 is 2.00 bits per heavy atom. The van der Waals surface area contributed by atoms with Crippen LogP contribution in [0.5, 0.6) is 0 Å². The first kappa shape index (κ1) is 20.0. The second-order valence-electron chi connectivity index (χ2n) is 7.25. The average molecular weight is 391 g/mol. The van der Waals surface area contributed by atoms with Crippen LogP contribution in [0.3, 0.4) is 0 Å². The Balaban J connectivity index is 1.91. The van der Waals surface area contributed by atoms with Crippen molar-refractivity contribution in [3.63, 3.8) is 0 Å². The number of halogens is 3. The highest BCUT2D eigenvalue weighted by atomic mass is 19.4. The van der Waals surface area contributed by atoms with Crippen LogP contribution in [-0.2, 0) is 23.9 Å². The van der Waals surface area contributed by atoms with Gasteiger partial charge in [-0.15, -0.1) is 0 Å². The summed E-state index contributed by atoms with van der Waals surface area (Å²) in [5.41, 5.74) is -0.427. The van der Waals surface area contributed by atoms with Crippen molar-refractivity contribution in [2.75, 3.05) is 0 Å². The van der Waals surface area contributed by atoms with Crippen molar-refractivity contribution in [1.82, 2.24) is 14.9 Å². The fourth-order valence-corrected chi connectivity index (χ4v) is 3.47. The van der Waals surface area contributed by atoms with E-state index in [9.17, 15) is 22.8 Å². The molecule has 2 heterocycles. The van der Waals surface area contributed by atoms with E-state index in [0.29, 0.717) is 12.1 Å². The second-order valence-corrected chi connectivity index (χ2v) is 7.25. The van der Waals surface area contributed by atoms with Crippen LogP contribution in [0.15, 0.2) is 36.8 Å². The van der Waals surface area contributed by atoms with Gasteiger partial charge in [0.2, 0.25) is 0 Å². The van der Waals surface area contributed by atoms with Crippen LogP contribution >= 0.6 is 0 Å². The molecule has 0 spiro atoms. The van der Waals surface area contributed by atoms with Crippen molar-refractivity contribution < 1.29 is 22.8 Å². The lowest BCUT2D eigenvalue weighted by atomic mass is 9.96. The standard InChI is InChI=1S/C20H20F3N3O2/c1-12(2)8-17(18(27)9-13-10-24-6-7-25-13)26-11-15-14(19(26)28)4-3-5-16(15)20(21,22)23/h3-7,10,12,17H,8-9,11H2,1-2H3/t17-/m0/s1. The molecule has 8 heteroatoms. The largest absolute Gasteiger partial charge is 0.416 e. The number of ketones is 1. The zero-order valence-corrected chi connectivity index (χ0v) is 15.5. The topological polar surface area (TPSA) is 63.2 Å². The molecule has 1 atom stereocenters. The Morgan fingerprint density at radius 1 is 1.25 bits per heavy atom. The van der Waals surface area contributed by atoms with Gasteiger partial charge in [-0.25, -0.2) is 0 Å². The molecule has 0 saturated carbocycles. The van der Waals surface area contributed by atoms with Crippen LogP contribution in [-0.4, -0.2) is 32.6 Å². The molecule has 1 aromatic heterocycles. The second kappa shape index (κ2) is 7.69. The van der Waals surface area contributed by atoms with Gasteiger partial charge < -0.3 is 4.90 Å². The third kappa shape index (κ3) is 4.05. The van der Waals surface area contributed by atoms with Crippen molar-refractivity contribution in [2.45, 2.75) is 45.5 Å². The number of nitrogens with zero attached hydrogens (tertiary/aromatic N) is 3. The Labute approximate surface area is 160 Å². The molecule has 0 radical (unpaired) electrons. The fraction of sp³-hybridized carbons (Fsp3) is 0.400. The average Bonchev–Trinajstić information content (AvgIpc) is 2.96. The molecule has 0 fully saturated rings. The number of alkyl halides is 3. The zero-order chi connectivity index (χ0) is 20.5. The molecule has 0 bridgehead atoms. The molecule has 3 rings (SSSR count).